The number of ether oxygens (including phenoxy) is 1. The fraction of sp³-hybridized carbons (Fsp3) is 0.600. The number of hydrogen-bond acceptors (Lipinski definition) is 2. The molecular formula is C15H22ClNO. The van der Waals surface area contributed by atoms with Crippen LogP contribution in [0.15, 0.2) is 18.2 Å². The third kappa shape index (κ3) is 3.71. The second-order valence-electron chi connectivity index (χ2n) is 4.97. The van der Waals surface area contributed by atoms with Crippen molar-refractivity contribution in [3.05, 3.63) is 34.9 Å². The van der Waals surface area contributed by atoms with Crippen molar-refractivity contribution in [2.24, 2.45) is 0 Å². The Labute approximate surface area is 115 Å². The van der Waals surface area contributed by atoms with E-state index in [0.717, 1.165) is 19.6 Å². The minimum atomic E-state index is 0.348. The predicted octanol–water partition coefficient (Wildman–Crippen LogP) is 2.91. The number of rotatable bonds is 7. The van der Waals surface area contributed by atoms with Gasteiger partial charge in [-0.1, -0.05) is 18.2 Å². The van der Waals surface area contributed by atoms with Crippen molar-refractivity contribution in [2.45, 2.75) is 38.3 Å². The lowest BCUT2D eigenvalue weighted by Gasteiger charge is -2.17. The molecule has 0 saturated carbocycles. The van der Waals surface area contributed by atoms with Crippen LogP contribution in [0.2, 0.25) is 0 Å². The first kappa shape index (κ1) is 13.9. The molecule has 2 nitrogen and oxygen atoms in total. The van der Waals surface area contributed by atoms with Crippen molar-refractivity contribution in [2.75, 3.05) is 19.6 Å². The van der Waals surface area contributed by atoms with E-state index in [2.05, 4.69) is 23.5 Å². The van der Waals surface area contributed by atoms with E-state index in [4.69, 9.17) is 16.3 Å². The lowest BCUT2D eigenvalue weighted by atomic mass is 10.1. The number of methoxy groups -OCH3 is 1. The van der Waals surface area contributed by atoms with E-state index >= 15 is 0 Å². The molecule has 3 heteroatoms. The monoisotopic (exact) mass is 267 g/mol. The minimum Gasteiger partial charge on any atom is -0.383 e. The minimum absolute atomic E-state index is 0.348. The summed E-state index contributed by atoms with van der Waals surface area (Å²) < 4.78 is 5.20. The van der Waals surface area contributed by atoms with E-state index in [-0.39, 0.29) is 0 Å². The highest BCUT2D eigenvalue weighted by Gasteiger charge is 2.11. The molecule has 0 saturated heterocycles. The molecule has 1 aliphatic carbocycles. The first-order valence-electron chi connectivity index (χ1n) is 6.72. The molecule has 0 heterocycles. The molecule has 1 atom stereocenters. The summed E-state index contributed by atoms with van der Waals surface area (Å²) in [5, 5.41) is 3.52. The smallest absolute Gasteiger partial charge is 0.0616 e. The van der Waals surface area contributed by atoms with Gasteiger partial charge in [-0.25, -0.2) is 0 Å². The molecule has 1 N–H and O–H groups in total. The van der Waals surface area contributed by atoms with E-state index in [1.54, 1.807) is 7.11 Å². The SMILES string of the molecule is COCC(CCCl)NCc1ccc2c(c1)CCC2. The third-order valence-corrected chi connectivity index (χ3v) is 3.80. The number of halogens is 1. The van der Waals surface area contributed by atoms with E-state index in [1.165, 1.54) is 36.0 Å². The summed E-state index contributed by atoms with van der Waals surface area (Å²) in [6, 6.07) is 7.22. The van der Waals surface area contributed by atoms with Gasteiger partial charge in [0, 0.05) is 25.6 Å². The molecule has 0 amide bonds. The summed E-state index contributed by atoms with van der Waals surface area (Å²) in [7, 11) is 1.73. The van der Waals surface area contributed by atoms with Gasteiger partial charge < -0.3 is 10.1 Å². The topological polar surface area (TPSA) is 21.3 Å². The van der Waals surface area contributed by atoms with E-state index in [1.807, 2.05) is 0 Å². The van der Waals surface area contributed by atoms with Gasteiger partial charge in [-0.3, -0.25) is 0 Å². The van der Waals surface area contributed by atoms with Crippen LogP contribution >= 0.6 is 11.6 Å². The number of nitrogens with one attached hydrogen (secondary N) is 1. The van der Waals surface area contributed by atoms with E-state index < -0.39 is 0 Å². The molecule has 0 bridgehead atoms. The second-order valence-corrected chi connectivity index (χ2v) is 5.35. The van der Waals surface area contributed by atoms with E-state index in [9.17, 15) is 0 Å². The van der Waals surface area contributed by atoms with Crippen LogP contribution in [0.3, 0.4) is 0 Å². The zero-order valence-corrected chi connectivity index (χ0v) is 11.8. The maximum absolute atomic E-state index is 5.79. The zero-order chi connectivity index (χ0) is 12.8. The highest BCUT2D eigenvalue weighted by molar-refractivity contribution is 6.17. The van der Waals surface area contributed by atoms with Crippen molar-refractivity contribution < 1.29 is 4.74 Å². The van der Waals surface area contributed by atoms with Gasteiger partial charge in [0.25, 0.3) is 0 Å². The van der Waals surface area contributed by atoms with Crippen molar-refractivity contribution in [3.8, 4) is 0 Å². The Hall–Kier alpha value is -0.570. The molecule has 1 aliphatic rings. The summed E-state index contributed by atoms with van der Waals surface area (Å²) in [5.74, 6) is 0.672. The van der Waals surface area contributed by atoms with Gasteiger partial charge in [0.1, 0.15) is 0 Å². The Morgan fingerprint density at radius 1 is 1.33 bits per heavy atom. The van der Waals surface area contributed by atoms with Crippen molar-refractivity contribution >= 4 is 11.6 Å². The highest BCUT2D eigenvalue weighted by atomic mass is 35.5. The normalized spacial score (nSPS) is 15.7. The molecule has 1 aromatic rings. The first-order valence-corrected chi connectivity index (χ1v) is 7.26. The van der Waals surface area contributed by atoms with Gasteiger partial charge in [-0.15, -0.1) is 11.6 Å². The van der Waals surface area contributed by atoms with Crippen LogP contribution < -0.4 is 5.32 Å². The van der Waals surface area contributed by atoms with Gasteiger partial charge in [0.05, 0.1) is 6.61 Å². The number of benzene rings is 1. The van der Waals surface area contributed by atoms with Crippen LogP contribution in [0, 0.1) is 0 Å². The van der Waals surface area contributed by atoms with Crippen LogP contribution in [-0.2, 0) is 24.1 Å². The number of fused-ring (bicyclic) bond motifs is 1. The first-order chi connectivity index (χ1) is 8.83. The van der Waals surface area contributed by atoms with Gasteiger partial charge >= 0.3 is 0 Å². The van der Waals surface area contributed by atoms with Crippen molar-refractivity contribution in [1.82, 2.24) is 5.32 Å². The summed E-state index contributed by atoms with van der Waals surface area (Å²) in [4.78, 5) is 0. The largest absolute Gasteiger partial charge is 0.383 e. The maximum Gasteiger partial charge on any atom is 0.0616 e. The Balaban J connectivity index is 1.88. The lowest BCUT2D eigenvalue weighted by Crippen LogP contribution is -2.33. The van der Waals surface area contributed by atoms with Gasteiger partial charge in [-0.2, -0.15) is 0 Å². The molecule has 100 valence electrons. The third-order valence-electron chi connectivity index (χ3n) is 3.58. The maximum atomic E-state index is 5.79. The van der Waals surface area contributed by atoms with Gasteiger partial charge in [0.2, 0.25) is 0 Å². The molecule has 0 fully saturated rings. The molecule has 18 heavy (non-hydrogen) atoms. The molecule has 2 rings (SSSR count). The molecule has 0 aromatic heterocycles. The average Bonchev–Trinajstić information content (AvgIpc) is 2.84. The number of alkyl halides is 1. The summed E-state index contributed by atoms with van der Waals surface area (Å²) in [6.07, 6.45) is 4.75. The molecule has 1 aromatic carbocycles. The molecule has 0 radical (unpaired) electrons. The van der Waals surface area contributed by atoms with Crippen LogP contribution in [0.5, 0.6) is 0 Å². The van der Waals surface area contributed by atoms with Gasteiger partial charge in [-0.05, 0) is 42.4 Å². The highest BCUT2D eigenvalue weighted by Crippen LogP contribution is 2.22. The standard InChI is InChI=1S/C15H22ClNO/c1-18-11-15(7-8-16)17-10-12-5-6-13-3-2-4-14(13)9-12/h5-6,9,15,17H,2-4,7-8,10-11H2,1H3. The van der Waals surface area contributed by atoms with Crippen LogP contribution in [0.4, 0.5) is 0 Å². The van der Waals surface area contributed by atoms with Crippen molar-refractivity contribution in [1.29, 1.82) is 0 Å². The van der Waals surface area contributed by atoms with Crippen LogP contribution in [0.1, 0.15) is 29.5 Å². The number of aryl methyl sites for hydroxylation is 2. The summed E-state index contributed by atoms with van der Waals surface area (Å²) >= 11 is 5.79. The Kier molecular flexibility index (Phi) is 5.48. The molecule has 1 unspecified atom stereocenters. The molecule has 0 aliphatic heterocycles. The lowest BCUT2D eigenvalue weighted by molar-refractivity contribution is 0.164. The van der Waals surface area contributed by atoms with Gasteiger partial charge in [0.15, 0.2) is 0 Å². The zero-order valence-electron chi connectivity index (χ0n) is 11.0. The number of hydrogen-bond donors (Lipinski definition) is 1. The quantitative estimate of drug-likeness (QED) is 0.767. The molecular weight excluding hydrogens is 246 g/mol. The Morgan fingerprint density at radius 3 is 2.94 bits per heavy atom. The van der Waals surface area contributed by atoms with Crippen molar-refractivity contribution in [3.63, 3.8) is 0 Å². The molecule has 0 spiro atoms. The Morgan fingerprint density at radius 2 is 2.17 bits per heavy atom. The Bertz CT molecular complexity index is 375. The fourth-order valence-corrected chi connectivity index (χ4v) is 2.84. The van der Waals surface area contributed by atoms with E-state index in [0.29, 0.717) is 11.9 Å². The van der Waals surface area contributed by atoms with Crippen LogP contribution in [-0.4, -0.2) is 25.6 Å². The average molecular weight is 268 g/mol. The summed E-state index contributed by atoms with van der Waals surface area (Å²) in [6.45, 7) is 1.62. The fourth-order valence-electron chi connectivity index (χ4n) is 2.57. The predicted molar refractivity (Wildman–Crippen MR) is 76.3 cm³/mol. The van der Waals surface area contributed by atoms with Crippen LogP contribution in [0.25, 0.3) is 0 Å². The summed E-state index contributed by atoms with van der Waals surface area (Å²) in [5.41, 5.74) is 4.44. The second kappa shape index (κ2) is 7.13.